The summed E-state index contributed by atoms with van der Waals surface area (Å²) in [4.78, 5) is 5.43. The first-order chi connectivity index (χ1) is 8.75. The quantitative estimate of drug-likeness (QED) is 0.782. The summed E-state index contributed by atoms with van der Waals surface area (Å²) in [5.74, 6) is -0.235. The lowest BCUT2D eigenvalue weighted by Crippen LogP contribution is -2.04. The van der Waals surface area contributed by atoms with E-state index in [2.05, 4.69) is 10.3 Å². The lowest BCUT2D eigenvalue weighted by molar-refractivity contribution is 0.630. The van der Waals surface area contributed by atoms with E-state index in [9.17, 15) is 4.39 Å². The van der Waals surface area contributed by atoms with Crippen molar-refractivity contribution in [2.75, 3.05) is 5.32 Å². The summed E-state index contributed by atoms with van der Waals surface area (Å²) in [6, 6.07) is 6.68. The van der Waals surface area contributed by atoms with Gasteiger partial charge in [-0.25, -0.2) is 9.37 Å². The molecule has 0 spiro atoms. The van der Waals surface area contributed by atoms with Crippen LogP contribution >= 0.6 is 11.3 Å². The van der Waals surface area contributed by atoms with Gasteiger partial charge in [-0.15, -0.1) is 11.3 Å². The molecule has 0 atom stereocenters. The third-order valence-corrected chi connectivity index (χ3v) is 3.64. The molecule has 0 aliphatic heterocycles. The second-order valence-corrected chi connectivity index (χ2v) is 4.91. The molecule has 0 saturated heterocycles. The minimum Gasteiger partial charge on any atom is -0.377 e. The summed E-state index contributed by atoms with van der Waals surface area (Å²) in [7, 11) is 0. The summed E-state index contributed by atoms with van der Waals surface area (Å²) in [5.41, 5.74) is 2.56. The zero-order valence-corrected chi connectivity index (χ0v) is 10.7. The smallest absolute Gasteiger partial charge is 0.194 e. The van der Waals surface area contributed by atoms with Crippen molar-refractivity contribution >= 4 is 22.0 Å². The summed E-state index contributed by atoms with van der Waals surface area (Å²) >= 11 is 1.60. The van der Waals surface area contributed by atoms with Gasteiger partial charge in [0.15, 0.2) is 4.96 Å². The van der Waals surface area contributed by atoms with Crippen molar-refractivity contribution in [1.82, 2.24) is 9.38 Å². The van der Waals surface area contributed by atoms with Gasteiger partial charge in [0.2, 0.25) is 0 Å². The average Bonchev–Trinajstić information content (AvgIpc) is 2.90. The van der Waals surface area contributed by atoms with Crippen LogP contribution < -0.4 is 5.32 Å². The number of hydrogen-bond donors (Lipinski definition) is 1. The molecule has 0 amide bonds. The van der Waals surface area contributed by atoms with Gasteiger partial charge in [-0.2, -0.15) is 0 Å². The van der Waals surface area contributed by atoms with Crippen LogP contribution in [-0.4, -0.2) is 9.38 Å². The summed E-state index contributed by atoms with van der Waals surface area (Å²) in [6.45, 7) is 2.53. The molecule has 0 aliphatic rings. The van der Waals surface area contributed by atoms with E-state index in [0.29, 0.717) is 12.2 Å². The Labute approximate surface area is 108 Å². The van der Waals surface area contributed by atoms with Crippen LogP contribution in [0.25, 0.3) is 4.96 Å². The van der Waals surface area contributed by atoms with Crippen LogP contribution in [0.2, 0.25) is 0 Å². The Balaban J connectivity index is 1.87. The van der Waals surface area contributed by atoms with Crippen LogP contribution in [0, 0.1) is 12.7 Å². The topological polar surface area (TPSA) is 29.3 Å². The highest BCUT2D eigenvalue weighted by atomic mass is 32.1. The van der Waals surface area contributed by atoms with E-state index in [1.54, 1.807) is 23.5 Å². The van der Waals surface area contributed by atoms with Crippen molar-refractivity contribution < 1.29 is 4.39 Å². The van der Waals surface area contributed by atoms with Gasteiger partial charge in [0, 0.05) is 11.6 Å². The Kier molecular flexibility index (Phi) is 2.76. The molecule has 0 unspecified atom stereocenters. The molecule has 0 radical (unpaired) electrons. The maximum absolute atomic E-state index is 13.5. The first-order valence-corrected chi connectivity index (χ1v) is 6.53. The van der Waals surface area contributed by atoms with E-state index in [1.165, 1.54) is 6.07 Å². The van der Waals surface area contributed by atoms with E-state index < -0.39 is 0 Å². The number of hydrogen-bond acceptors (Lipinski definition) is 3. The first kappa shape index (κ1) is 11.2. The summed E-state index contributed by atoms with van der Waals surface area (Å²) in [6.07, 6.45) is 1.98. The molecule has 92 valence electrons. The number of fused-ring (bicyclic) bond motifs is 1. The molecule has 1 N–H and O–H groups in total. The number of nitrogens with zero attached hydrogens (tertiary/aromatic N) is 2. The molecule has 5 heteroatoms. The maximum atomic E-state index is 13.5. The van der Waals surface area contributed by atoms with Crippen molar-refractivity contribution in [2.45, 2.75) is 13.5 Å². The number of aromatic nitrogens is 2. The molecule has 18 heavy (non-hydrogen) atoms. The monoisotopic (exact) mass is 261 g/mol. The maximum Gasteiger partial charge on any atom is 0.194 e. The standard InChI is InChI=1S/C13H12FN3S/c1-9-12(17-6-7-18-13(17)16-9)8-15-11-5-3-2-4-10(11)14/h2-7,15H,8H2,1H3. The van der Waals surface area contributed by atoms with Crippen LogP contribution in [0.1, 0.15) is 11.4 Å². The van der Waals surface area contributed by atoms with E-state index in [1.807, 2.05) is 29.0 Å². The van der Waals surface area contributed by atoms with Gasteiger partial charge in [0.25, 0.3) is 0 Å². The minimum atomic E-state index is -0.235. The number of anilines is 1. The van der Waals surface area contributed by atoms with Crippen molar-refractivity contribution in [1.29, 1.82) is 0 Å². The van der Waals surface area contributed by atoms with Gasteiger partial charge < -0.3 is 5.32 Å². The second-order valence-electron chi connectivity index (χ2n) is 4.03. The number of aryl methyl sites for hydroxylation is 1. The van der Waals surface area contributed by atoms with Gasteiger partial charge >= 0.3 is 0 Å². The molecule has 2 heterocycles. The van der Waals surface area contributed by atoms with Gasteiger partial charge in [-0.05, 0) is 19.1 Å². The molecule has 0 saturated carbocycles. The Morgan fingerprint density at radius 1 is 1.39 bits per heavy atom. The van der Waals surface area contributed by atoms with Crippen molar-refractivity contribution in [3.05, 3.63) is 53.0 Å². The minimum absolute atomic E-state index is 0.235. The number of benzene rings is 1. The highest BCUT2D eigenvalue weighted by Gasteiger charge is 2.09. The molecule has 3 rings (SSSR count). The van der Waals surface area contributed by atoms with Crippen molar-refractivity contribution in [3.63, 3.8) is 0 Å². The predicted octanol–water partition coefficient (Wildman–Crippen LogP) is 3.46. The number of thiazole rings is 1. The van der Waals surface area contributed by atoms with E-state index >= 15 is 0 Å². The van der Waals surface area contributed by atoms with Gasteiger partial charge in [0.05, 0.1) is 23.6 Å². The molecule has 0 bridgehead atoms. The molecule has 0 fully saturated rings. The molecule has 3 aromatic rings. The van der Waals surface area contributed by atoms with Gasteiger partial charge in [-0.1, -0.05) is 12.1 Å². The number of halogens is 1. The Morgan fingerprint density at radius 3 is 3.06 bits per heavy atom. The Bertz CT molecular complexity index is 686. The fraction of sp³-hybridized carbons (Fsp3) is 0.154. The third kappa shape index (κ3) is 1.86. The molecule has 3 nitrogen and oxygen atoms in total. The van der Waals surface area contributed by atoms with E-state index in [0.717, 1.165) is 16.3 Å². The third-order valence-electron chi connectivity index (χ3n) is 2.88. The van der Waals surface area contributed by atoms with Crippen LogP contribution in [0.4, 0.5) is 10.1 Å². The highest BCUT2D eigenvalue weighted by Crippen LogP contribution is 2.19. The molecule has 1 aromatic carbocycles. The van der Waals surface area contributed by atoms with Crippen molar-refractivity contribution in [2.24, 2.45) is 0 Å². The fourth-order valence-electron chi connectivity index (χ4n) is 1.94. The van der Waals surface area contributed by atoms with E-state index in [-0.39, 0.29) is 5.82 Å². The van der Waals surface area contributed by atoms with Gasteiger partial charge in [0.1, 0.15) is 5.82 Å². The normalized spacial score (nSPS) is 11.0. The molecule has 2 aromatic heterocycles. The van der Waals surface area contributed by atoms with Gasteiger partial charge in [-0.3, -0.25) is 4.40 Å². The SMILES string of the molecule is Cc1nc2sccn2c1CNc1ccccc1F. The largest absolute Gasteiger partial charge is 0.377 e. The highest BCUT2D eigenvalue weighted by molar-refractivity contribution is 7.15. The average molecular weight is 261 g/mol. The van der Waals surface area contributed by atoms with Crippen LogP contribution in [-0.2, 0) is 6.54 Å². The zero-order chi connectivity index (χ0) is 12.5. The number of nitrogens with one attached hydrogen (secondary N) is 1. The van der Waals surface area contributed by atoms with E-state index in [4.69, 9.17) is 0 Å². The number of imidazole rings is 1. The zero-order valence-electron chi connectivity index (χ0n) is 9.85. The first-order valence-electron chi connectivity index (χ1n) is 5.65. The molecular formula is C13H12FN3S. The number of para-hydroxylation sites is 1. The Hall–Kier alpha value is -1.88. The molecule has 0 aliphatic carbocycles. The fourth-order valence-corrected chi connectivity index (χ4v) is 2.72. The lowest BCUT2D eigenvalue weighted by Gasteiger charge is -2.07. The summed E-state index contributed by atoms with van der Waals surface area (Å²) in [5, 5.41) is 5.10. The molecular weight excluding hydrogens is 249 g/mol. The summed E-state index contributed by atoms with van der Waals surface area (Å²) < 4.78 is 15.5. The number of rotatable bonds is 3. The van der Waals surface area contributed by atoms with Crippen LogP contribution in [0.15, 0.2) is 35.8 Å². The van der Waals surface area contributed by atoms with Crippen LogP contribution in [0.3, 0.4) is 0 Å². The second kappa shape index (κ2) is 4.42. The van der Waals surface area contributed by atoms with Crippen molar-refractivity contribution in [3.8, 4) is 0 Å². The van der Waals surface area contributed by atoms with Crippen LogP contribution in [0.5, 0.6) is 0 Å². The Morgan fingerprint density at radius 2 is 2.22 bits per heavy atom. The lowest BCUT2D eigenvalue weighted by atomic mass is 10.3. The predicted molar refractivity (Wildman–Crippen MR) is 71.5 cm³/mol.